The first-order valence-corrected chi connectivity index (χ1v) is 4.00. The predicted octanol–water partition coefficient (Wildman–Crippen LogP) is 1.39. The average molecular weight is 157 g/mol. The van der Waals surface area contributed by atoms with Gasteiger partial charge < -0.3 is 5.11 Å². The molecule has 2 nitrogen and oxygen atoms in total. The number of nitrogens with zero attached hydrogens (tertiary/aromatic N) is 1. The highest BCUT2D eigenvalue weighted by molar-refractivity contribution is 7.78. The van der Waals surface area contributed by atoms with Crippen molar-refractivity contribution >= 4 is 17.4 Å². The molecule has 0 heterocycles. The van der Waals surface area contributed by atoms with Crippen LogP contribution in [0.1, 0.15) is 25.7 Å². The molecule has 1 aliphatic rings. The zero-order chi connectivity index (χ0) is 7.40. The lowest BCUT2D eigenvalue weighted by Gasteiger charge is -2.22. The molecule has 1 fully saturated rings. The standard InChI is InChI=1S/C7H11NOS/c9-7-4-2-1-3-6(7)8-5-10/h6-7,9H,1-4H2. The highest BCUT2D eigenvalue weighted by atomic mass is 32.1. The largest absolute Gasteiger partial charge is 0.391 e. The van der Waals surface area contributed by atoms with Gasteiger partial charge in [-0.1, -0.05) is 12.8 Å². The topological polar surface area (TPSA) is 32.6 Å². The van der Waals surface area contributed by atoms with E-state index in [1.165, 1.54) is 0 Å². The number of aliphatic hydroxyl groups excluding tert-OH is 1. The fourth-order valence-corrected chi connectivity index (χ4v) is 1.45. The van der Waals surface area contributed by atoms with Gasteiger partial charge in [0.15, 0.2) is 0 Å². The van der Waals surface area contributed by atoms with Gasteiger partial charge in [-0.3, -0.25) is 0 Å². The zero-order valence-corrected chi connectivity index (χ0v) is 6.60. The van der Waals surface area contributed by atoms with Crippen LogP contribution in [0.2, 0.25) is 0 Å². The van der Waals surface area contributed by atoms with Crippen LogP contribution < -0.4 is 0 Å². The summed E-state index contributed by atoms with van der Waals surface area (Å²) in [6.45, 7) is 0. The summed E-state index contributed by atoms with van der Waals surface area (Å²) in [6, 6.07) is 0.0336. The molecule has 0 aromatic rings. The fraction of sp³-hybridized carbons (Fsp3) is 0.857. The second kappa shape index (κ2) is 3.81. The molecule has 2 unspecified atom stereocenters. The summed E-state index contributed by atoms with van der Waals surface area (Å²) < 4.78 is 0. The van der Waals surface area contributed by atoms with Crippen LogP contribution in [0.25, 0.3) is 0 Å². The molecular formula is C7H11NOS. The molecule has 0 radical (unpaired) electrons. The molecule has 1 saturated carbocycles. The van der Waals surface area contributed by atoms with Gasteiger partial charge in [-0.15, -0.1) is 0 Å². The van der Waals surface area contributed by atoms with E-state index in [2.05, 4.69) is 22.4 Å². The Morgan fingerprint density at radius 3 is 2.70 bits per heavy atom. The molecule has 0 saturated heterocycles. The summed E-state index contributed by atoms with van der Waals surface area (Å²) in [4.78, 5) is 3.88. The maximum atomic E-state index is 9.32. The Labute approximate surface area is 66.0 Å². The van der Waals surface area contributed by atoms with E-state index in [0.717, 1.165) is 25.7 Å². The van der Waals surface area contributed by atoms with Crippen LogP contribution >= 0.6 is 12.2 Å². The number of aliphatic hydroxyl groups is 1. The van der Waals surface area contributed by atoms with Gasteiger partial charge in [-0.2, -0.15) is 0 Å². The number of hydrogen-bond acceptors (Lipinski definition) is 3. The highest BCUT2D eigenvalue weighted by Crippen LogP contribution is 2.20. The Balaban J connectivity index is 2.47. The number of aliphatic imine (C=N–C) groups is 1. The molecule has 1 rings (SSSR count). The normalized spacial score (nSPS) is 32.9. The summed E-state index contributed by atoms with van der Waals surface area (Å²) >= 11 is 4.46. The Bertz CT molecular complexity index is 154. The number of isothiocyanates is 1. The van der Waals surface area contributed by atoms with E-state index in [-0.39, 0.29) is 12.1 Å². The number of rotatable bonds is 1. The van der Waals surface area contributed by atoms with Crippen molar-refractivity contribution < 1.29 is 5.11 Å². The van der Waals surface area contributed by atoms with E-state index in [1.807, 2.05) is 0 Å². The lowest BCUT2D eigenvalue weighted by atomic mass is 9.93. The molecule has 0 aromatic carbocycles. The SMILES string of the molecule is OC1CCCCC1N=C=S. The molecule has 0 bridgehead atoms. The van der Waals surface area contributed by atoms with Gasteiger partial charge in [0.05, 0.1) is 17.3 Å². The molecular weight excluding hydrogens is 146 g/mol. The van der Waals surface area contributed by atoms with Crippen LogP contribution in [-0.4, -0.2) is 22.4 Å². The van der Waals surface area contributed by atoms with Crippen LogP contribution in [0.15, 0.2) is 4.99 Å². The minimum atomic E-state index is -0.274. The average Bonchev–Trinajstić information content (AvgIpc) is 1.94. The fourth-order valence-electron chi connectivity index (χ4n) is 1.31. The van der Waals surface area contributed by atoms with Gasteiger partial charge in [-0.05, 0) is 25.1 Å². The van der Waals surface area contributed by atoms with Crippen LogP contribution in [-0.2, 0) is 0 Å². The van der Waals surface area contributed by atoms with Gasteiger partial charge >= 0.3 is 0 Å². The first-order valence-electron chi connectivity index (χ1n) is 3.59. The molecule has 10 heavy (non-hydrogen) atoms. The van der Waals surface area contributed by atoms with Crippen molar-refractivity contribution in [3.63, 3.8) is 0 Å². The number of hydrogen-bond donors (Lipinski definition) is 1. The molecule has 0 aliphatic heterocycles. The molecule has 0 aromatic heterocycles. The van der Waals surface area contributed by atoms with Crippen molar-refractivity contribution in [2.75, 3.05) is 0 Å². The Morgan fingerprint density at radius 1 is 1.40 bits per heavy atom. The highest BCUT2D eigenvalue weighted by Gasteiger charge is 2.21. The van der Waals surface area contributed by atoms with Crippen molar-refractivity contribution in [3.8, 4) is 0 Å². The third kappa shape index (κ3) is 1.87. The van der Waals surface area contributed by atoms with E-state index < -0.39 is 0 Å². The summed E-state index contributed by atoms with van der Waals surface area (Å²) in [7, 11) is 0. The summed E-state index contributed by atoms with van der Waals surface area (Å²) in [5.41, 5.74) is 0. The molecule has 1 aliphatic carbocycles. The minimum absolute atomic E-state index is 0.0336. The minimum Gasteiger partial charge on any atom is -0.391 e. The van der Waals surface area contributed by atoms with Crippen LogP contribution in [0.3, 0.4) is 0 Å². The maximum absolute atomic E-state index is 9.32. The van der Waals surface area contributed by atoms with E-state index in [1.54, 1.807) is 0 Å². The summed E-state index contributed by atoms with van der Waals surface area (Å²) in [6.07, 6.45) is 3.83. The van der Waals surface area contributed by atoms with Crippen LogP contribution in [0.4, 0.5) is 0 Å². The molecule has 1 N–H and O–H groups in total. The Kier molecular flexibility index (Phi) is 3.00. The molecule has 3 heteroatoms. The third-order valence-electron chi connectivity index (χ3n) is 1.91. The van der Waals surface area contributed by atoms with Gasteiger partial charge in [0.25, 0.3) is 0 Å². The van der Waals surface area contributed by atoms with Crippen LogP contribution in [0, 0.1) is 0 Å². The summed E-state index contributed by atoms with van der Waals surface area (Å²) in [5.74, 6) is 0. The monoisotopic (exact) mass is 157 g/mol. The smallest absolute Gasteiger partial charge is 0.0861 e. The maximum Gasteiger partial charge on any atom is 0.0861 e. The lowest BCUT2D eigenvalue weighted by molar-refractivity contribution is 0.110. The zero-order valence-electron chi connectivity index (χ0n) is 5.79. The van der Waals surface area contributed by atoms with Gasteiger partial charge in [-0.25, -0.2) is 4.99 Å². The second-order valence-electron chi connectivity index (χ2n) is 2.64. The van der Waals surface area contributed by atoms with Gasteiger partial charge in [0.1, 0.15) is 0 Å². The lowest BCUT2D eigenvalue weighted by Crippen LogP contribution is -2.27. The predicted molar refractivity (Wildman–Crippen MR) is 43.3 cm³/mol. The van der Waals surface area contributed by atoms with Crippen molar-refractivity contribution in [2.45, 2.75) is 37.8 Å². The van der Waals surface area contributed by atoms with E-state index in [9.17, 15) is 5.11 Å². The van der Waals surface area contributed by atoms with Crippen molar-refractivity contribution in [2.24, 2.45) is 4.99 Å². The molecule has 2 atom stereocenters. The molecule has 0 amide bonds. The van der Waals surface area contributed by atoms with E-state index >= 15 is 0 Å². The Hall–Kier alpha value is -0.240. The quantitative estimate of drug-likeness (QED) is 0.461. The van der Waals surface area contributed by atoms with E-state index in [0.29, 0.717) is 0 Å². The Morgan fingerprint density at radius 2 is 2.10 bits per heavy atom. The third-order valence-corrected chi connectivity index (χ3v) is 2.02. The van der Waals surface area contributed by atoms with Crippen LogP contribution in [0.5, 0.6) is 0 Å². The summed E-state index contributed by atoms with van der Waals surface area (Å²) in [5, 5.41) is 11.6. The second-order valence-corrected chi connectivity index (χ2v) is 2.82. The van der Waals surface area contributed by atoms with Crippen molar-refractivity contribution in [1.82, 2.24) is 0 Å². The van der Waals surface area contributed by atoms with E-state index in [4.69, 9.17) is 0 Å². The first-order chi connectivity index (χ1) is 4.84. The van der Waals surface area contributed by atoms with Gasteiger partial charge in [0.2, 0.25) is 0 Å². The van der Waals surface area contributed by atoms with Crippen molar-refractivity contribution in [3.05, 3.63) is 0 Å². The molecule has 56 valence electrons. The molecule has 0 spiro atoms. The van der Waals surface area contributed by atoms with Gasteiger partial charge in [0, 0.05) is 0 Å². The number of thiocarbonyl (C=S) groups is 1. The van der Waals surface area contributed by atoms with Crippen molar-refractivity contribution in [1.29, 1.82) is 0 Å². The first kappa shape index (κ1) is 7.86.